The molecule has 2 atom stereocenters. The van der Waals surface area contributed by atoms with Gasteiger partial charge in [0.2, 0.25) is 0 Å². The summed E-state index contributed by atoms with van der Waals surface area (Å²) in [7, 11) is 0. The zero-order valence-corrected chi connectivity index (χ0v) is 20.7. The van der Waals surface area contributed by atoms with Gasteiger partial charge in [0.25, 0.3) is 0 Å². The molecule has 0 aliphatic carbocycles. The van der Waals surface area contributed by atoms with Gasteiger partial charge in [0.05, 0.1) is 38.4 Å². The second-order valence-corrected chi connectivity index (χ2v) is 10.2. The summed E-state index contributed by atoms with van der Waals surface area (Å²) in [6.07, 6.45) is 15.0. The largest absolute Gasteiger partial charge is 0.396 e. The van der Waals surface area contributed by atoms with Crippen LogP contribution in [0.15, 0.2) is 11.6 Å². The minimum absolute atomic E-state index is 0.178. The molecule has 0 amide bonds. The van der Waals surface area contributed by atoms with E-state index in [1.165, 1.54) is 56.9 Å². The highest BCUT2D eigenvalue weighted by molar-refractivity contribution is 4.97. The average Bonchev–Trinajstić information content (AvgIpc) is 2.71. The Labute approximate surface area is 187 Å². The number of aliphatic hydroxyl groups excluding tert-OH is 3. The van der Waals surface area contributed by atoms with E-state index in [1.807, 2.05) is 0 Å². The fourth-order valence-corrected chi connectivity index (χ4v) is 3.77. The van der Waals surface area contributed by atoms with Crippen molar-refractivity contribution in [2.75, 3.05) is 33.0 Å². The van der Waals surface area contributed by atoms with Gasteiger partial charge in [-0.05, 0) is 43.9 Å². The van der Waals surface area contributed by atoms with Crippen LogP contribution < -0.4 is 0 Å². The van der Waals surface area contributed by atoms with Crippen molar-refractivity contribution >= 4 is 0 Å². The standard InChI is InChI=1S/C26H52O4/c1-22(2)10-6-11-23(3)12-7-13-24(4)14-8-15-25(5)16-9-17-30-21-26(18-27,19-28)20-29/h16,22-24,27-29H,6-15,17-21H2,1-5H3. The third-order valence-electron chi connectivity index (χ3n) is 6.31. The monoisotopic (exact) mass is 428 g/mol. The molecule has 4 heteroatoms. The highest BCUT2D eigenvalue weighted by Gasteiger charge is 2.28. The van der Waals surface area contributed by atoms with Gasteiger partial charge >= 0.3 is 0 Å². The lowest BCUT2D eigenvalue weighted by atomic mass is 9.91. The Morgan fingerprint density at radius 2 is 1.30 bits per heavy atom. The van der Waals surface area contributed by atoms with Crippen LogP contribution in [0.1, 0.15) is 98.8 Å². The number of hydrogen-bond acceptors (Lipinski definition) is 4. The molecule has 0 bridgehead atoms. The Morgan fingerprint density at radius 3 is 1.80 bits per heavy atom. The predicted octanol–water partition coefficient (Wildman–Crippen LogP) is 5.74. The normalized spacial score (nSPS) is 15.0. The lowest BCUT2D eigenvalue weighted by molar-refractivity contribution is -0.0568. The maximum absolute atomic E-state index is 9.28. The summed E-state index contributed by atoms with van der Waals surface area (Å²) in [5.41, 5.74) is 0.475. The summed E-state index contributed by atoms with van der Waals surface area (Å²) in [4.78, 5) is 0. The van der Waals surface area contributed by atoms with Crippen LogP contribution in [0.4, 0.5) is 0 Å². The predicted molar refractivity (Wildman–Crippen MR) is 128 cm³/mol. The Balaban J connectivity index is 3.77. The first-order chi connectivity index (χ1) is 14.3. The second-order valence-electron chi connectivity index (χ2n) is 10.2. The molecule has 0 saturated heterocycles. The first-order valence-electron chi connectivity index (χ1n) is 12.3. The van der Waals surface area contributed by atoms with Crippen LogP contribution in [0, 0.1) is 23.2 Å². The fraction of sp³-hybridized carbons (Fsp3) is 0.923. The number of hydrogen-bond donors (Lipinski definition) is 3. The molecule has 0 heterocycles. The molecule has 0 saturated carbocycles. The van der Waals surface area contributed by atoms with Gasteiger partial charge in [0.1, 0.15) is 0 Å². The zero-order valence-electron chi connectivity index (χ0n) is 20.7. The Hall–Kier alpha value is -0.420. The smallest absolute Gasteiger partial charge is 0.0629 e. The van der Waals surface area contributed by atoms with Gasteiger partial charge in [-0.3, -0.25) is 0 Å². The van der Waals surface area contributed by atoms with Crippen LogP contribution in [-0.4, -0.2) is 48.4 Å². The maximum atomic E-state index is 9.28. The molecule has 30 heavy (non-hydrogen) atoms. The molecule has 0 aromatic heterocycles. The summed E-state index contributed by atoms with van der Waals surface area (Å²) in [5, 5.41) is 27.9. The molecule has 0 radical (unpaired) electrons. The molecule has 0 aliphatic rings. The van der Waals surface area contributed by atoms with Gasteiger partial charge < -0.3 is 20.1 Å². The molecule has 4 nitrogen and oxygen atoms in total. The number of aliphatic hydroxyl groups is 3. The van der Waals surface area contributed by atoms with Crippen molar-refractivity contribution in [3.8, 4) is 0 Å². The van der Waals surface area contributed by atoms with Gasteiger partial charge in [0, 0.05) is 0 Å². The van der Waals surface area contributed by atoms with E-state index < -0.39 is 5.41 Å². The number of allylic oxidation sites excluding steroid dienone is 1. The van der Waals surface area contributed by atoms with E-state index in [4.69, 9.17) is 4.74 Å². The SMILES string of the molecule is CC(=CCCOCC(CO)(CO)CO)CCCC(C)CCCC(C)CCCC(C)C. The molecular formula is C26H52O4. The lowest BCUT2D eigenvalue weighted by Crippen LogP contribution is -2.38. The molecule has 0 spiro atoms. The average molecular weight is 429 g/mol. The van der Waals surface area contributed by atoms with E-state index >= 15 is 0 Å². The summed E-state index contributed by atoms with van der Waals surface area (Å²) in [5.74, 6) is 2.53. The van der Waals surface area contributed by atoms with Crippen LogP contribution in [0.5, 0.6) is 0 Å². The van der Waals surface area contributed by atoms with Crippen molar-refractivity contribution in [3.05, 3.63) is 11.6 Å². The van der Waals surface area contributed by atoms with Crippen molar-refractivity contribution in [3.63, 3.8) is 0 Å². The topological polar surface area (TPSA) is 69.9 Å². The highest BCUT2D eigenvalue weighted by Crippen LogP contribution is 2.22. The summed E-state index contributed by atoms with van der Waals surface area (Å²) < 4.78 is 5.54. The molecule has 0 aromatic rings. The van der Waals surface area contributed by atoms with Crippen LogP contribution in [0.25, 0.3) is 0 Å². The van der Waals surface area contributed by atoms with Crippen LogP contribution >= 0.6 is 0 Å². The van der Waals surface area contributed by atoms with E-state index in [0.29, 0.717) is 6.61 Å². The summed E-state index contributed by atoms with van der Waals surface area (Å²) in [6.45, 7) is 11.5. The zero-order chi connectivity index (χ0) is 22.8. The van der Waals surface area contributed by atoms with Gasteiger partial charge in [-0.1, -0.05) is 84.3 Å². The summed E-state index contributed by atoms with van der Waals surface area (Å²) >= 11 is 0. The molecule has 0 aromatic carbocycles. The Kier molecular flexibility index (Phi) is 17.9. The third kappa shape index (κ3) is 15.4. The lowest BCUT2D eigenvalue weighted by Gasteiger charge is -2.26. The van der Waals surface area contributed by atoms with Crippen molar-refractivity contribution in [2.45, 2.75) is 98.8 Å². The van der Waals surface area contributed by atoms with E-state index in [0.717, 1.165) is 30.6 Å². The first kappa shape index (κ1) is 29.6. The molecule has 3 N–H and O–H groups in total. The molecule has 0 fully saturated rings. The Bertz CT molecular complexity index is 407. The van der Waals surface area contributed by atoms with Crippen LogP contribution in [-0.2, 0) is 4.74 Å². The Morgan fingerprint density at radius 1 is 0.800 bits per heavy atom. The van der Waals surface area contributed by atoms with E-state index in [2.05, 4.69) is 40.7 Å². The van der Waals surface area contributed by atoms with Crippen molar-refractivity contribution in [2.24, 2.45) is 23.2 Å². The maximum Gasteiger partial charge on any atom is 0.0629 e. The van der Waals surface area contributed by atoms with Gasteiger partial charge in [0.15, 0.2) is 0 Å². The minimum atomic E-state index is -0.930. The second kappa shape index (κ2) is 18.2. The quantitative estimate of drug-likeness (QED) is 0.171. The summed E-state index contributed by atoms with van der Waals surface area (Å²) in [6, 6.07) is 0. The first-order valence-corrected chi connectivity index (χ1v) is 12.3. The van der Waals surface area contributed by atoms with E-state index in [-0.39, 0.29) is 26.4 Å². The van der Waals surface area contributed by atoms with Gasteiger partial charge in [-0.15, -0.1) is 0 Å². The number of ether oxygens (including phenoxy) is 1. The molecule has 2 unspecified atom stereocenters. The highest BCUT2D eigenvalue weighted by atomic mass is 16.5. The van der Waals surface area contributed by atoms with E-state index in [1.54, 1.807) is 0 Å². The molecular weight excluding hydrogens is 376 g/mol. The van der Waals surface area contributed by atoms with Crippen LogP contribution in [0.3, 0.4) is 0 Å². The van der Waals surface area contributed by atoms with Crippen molar-refractivity contribution in [1.82, 2.24) is 0 Å². The van der Waals surface area contributed by atoms with Gasteiger partial charge in [-0.2, -0.15) is 0 Å². The third-order valence-corrected chi connectivity index (χ3v) is 6.31. The van der Waals surface area contributed by atoms with Gasteiger partial charge in [-0.25, -0.2) is 0 Å². The van der Waals surface area contributed by atoms with E-state index in [9.17, 15) is 15.3 Å². The van der Waals surface area contributed by atoms with Crippen LogP contribution in [0.2, 0.25) is 0 Å². The van der Waals surface area contributed by atoms with Crippen molar-refractivity contribution < 1.29 is 20.1 Å². The molecule has 0 rings (SSSR count). The van der Waals surface area contributed by atoms with Crippen molar-refractivity contribution in [1.29, 1.82) is 0 Å². The molecule has 0 aliphatic heterocycles. The number of rotatable bonds is 20. The fourth-order valence-electron chi connectivity index (χ4n) is 3.77. The minimum Gasteiger partial charge on any atom is -0.396 e. The molecule has 180 valence electrons.